The number of carbonyl (C=O) groups excluding carboxylic acids is 3. The van der Waals surface area contributed by atoms with Gasteiger partial charge in [0.2, 0.25) is 0 Å². The minimum absolute atomic E-state index is 0.182. The predicted octanol–water partition coefficient (Wildman–Crippen LogP) is 1.46. The van der Waals surface area contributed by atoms with E-state index in [1.807, 2.05) is 0 Å². The molecule has 0 aliphatic carbocycles. The first-order valence-electron chi connectivity index (χ1n) is 8.90. The van der Waals surface area contributed by atoms with Crippen molar-refractivity contribution in [1.29, 1.82) is 0 Å². The number of anilines is 1. The van der Waals surface area contributed by atoms with Crippen LogP contribution in [0.15, 0.2) is 66.3 Å². The molecule has 2 aromatic carbocycles. The Balaban J connectivity index is 1.82. The van der Waals surface area contributed by atoms with Gasteiger partial charge in [0.25, 0.3) is 5.91 Å². The number of amides is 3. The van der Waals surface area contributed by atoms with Gasteiger partial charge in [-0.05, 0) is 42.0 Å². The van der Waals surface area contributed by atoms with Crippen LogP contribution in [0.25, 0.3) is 0 Å². The number of rotatable bonds is 9. The van der Waals surface area contributed by atoms with Gasteiger partial charge in [0.05, 0.1) is 13.3 Å². The molecule has 3 amide bonds. The molecule has 0 saturated carbocycles. The minimum atomic E-state index is -0.893. The van der Waals surface area contributed by atoms with Crippen molar-refractivity contribution in [2.45, 2.75) is 0 Å². The van der Waals surface area contributed by atoms with Gasteiger partial charge in [-0.3, -0.25) is 14.4 Å². The van der Waals surface area contributed by atoms with Crippen molar-refractivity contribution in [2.75, 3.05) is 25.6 Å². The van der Waals surface area contributed by atoms with Gasteiger partial charge in [0.15, 0.2) is 6.61 Å². The number of carbonyl (C=O) groups is 3. The largest absolute Gasteiger partial charge is 0.497 e. The minimum Gasteiger partial charge on any atom is -0.497 e. The van der Waals surface area contributed by atoms with Gasteiger partial charge in [-0.15, -0.1) is 6.58 Å². The summed E-state index contributed by atoms with van der Waals surface area (Å²) in [5.74, 6) is -0.894. The molecule has 2 rings (SSSR count). The lowest BCUT2D eigenvalue weighted by Crippen LogP contribution is -2.37. The molecule has 0 bridgehead atoms. The van der Waals surface area contributed by atoms with E-state index >= 15 is 0 Å². The second kappa shape index (κ2) is 11.6. The second-order valence-electron chi connectivity index (χ2n) is 5.84. The lowest BCUT2D eigenvalue weighted by molar-refractivity contribution is -0.139. The van der Waals surface area contributed by atoms with Gasteiger partial charge in [0.1, 0.15) is 11.5 Å². The van der Waals surface area contributed by atoms with Crippen molar-refractivity contribution in [3.63, 3.8) is 0 Å². The second-order valence-corrected chi connectivity index (χ2v) is 5.84. The van der Waals surface area contributed by atoms with E-state index in [1.165, 1.54) is 12.3 Å². The quantitative estimate of drug-likeness (QED) is 0.250. The van der Waals surface area contributed by atoms with Crippen LogP contribution in [0, 0.1) is 0 Å². The van der Waals surface area contributed by atoms with Crippen LogP contribution in [0.2, 0.25) is 0 Å². The number of benzene rings is 2. The highest BCUT2D eigenvalue weighted by Gasteiger charge is 2.10. The molecular weight excluding hydrogens is 388 g/mol. The van der Waals surface area contributed by atoms with Crippen LogP contribution in [-0.4, -0.2) is 44.2 Å². The molecule has 0 heterocycles. The fourth-order valence-corrected chi connectivity index (χ4v) is 2.17. The molecule has 9 nitrogen and oxygen atoms in total. The topological polar surface area (TPSA) is 118 Å². The van der Waals surface area contributed by atoms with E-state index < -0.39 is 11.8 Å². The van der Waals surface area contributed by atoms with E-state index in [1.54, 1.807) is 55.6 Å². The Morgan fingerprint density at radius 2 is 1.83 bits per heavy atom. The number of ether oxygens (including phenoxy) is 2. The summed E-state index contributed by atoms with van der Waals surface area (Å²) in [5, 5.41) is 8.77. The monoisotopic (exact) mass is 410 g/mol. The molecule has 0 atom stereocenters. The average molecular weight is 410 g/mol. The number of methoxy groups -OCH3 is 1. The van der Waals surface area contributed by atoms with Gasteiger partial charge in [-0.2, -0.15) is 5.10 Å². The third-order valence-corrected chi connectivity index (χ3v) is 3.59. The van der Waals surface area contributed by atoms with Crippen LogP contribution >= 0.6 is 0 Å². The maximum absolute atomic E-state index is 12.0. The first-order chi connectivity index (χ1) is 14.5. The molecule has 0 aromatic heterocycles. The molecule has 0 spiro atoms. The predicted molar refractivity (Wildman–Crippen MR) is 113 cm³/mol. The Morgan fingerprint density at radius 1 is 1.07 bits per heavy atom. The molecule has 0 fully saturated rings. The summed E-state index contributed by atoms with van der Waals surface area (Å²) in [6, 6.07) is 13.7. The molecule has 156 valence electrons. The van der Waals surface area contributed by atoms with Crippen molar-refractivity contribution in [3.05, 3.63) is 66.7 Å². The molecule has 3 N–H and O–H groups in total. The van der Waals surface area contributed by atoms with Crippen LogP contribution in [0.5, 0.6) is 11.5 Å². The lowest BCUT2D eigenvalue weighted by Gasteiger charge is -2.08. The van der Waals surface area contributed by atoms with Crippen LogP contribution in [-0.2, 0) is 14.4 Å². The van der Waals surface area contributed by atoms with Gasteiger partial charge in [-0.25, -0.2) is 5.43 Å². The Bertz CT molecular complexity index is 925. The Hall–Kier alpha value is -4.14. The molecule has 2 aromatic rings. The molecule has 0 aliphatic rings. The molecule has 9 heteroatoms. The summed E-state index contributed by atoms with van der Waals surface area (Å²) in [6.45, 7) is 3.43. The maximum atomic E-state index is 12.0. The normalized spacial score (nSPS) is 10.2. The maximum Gasteiger partial charge on any atom is 0.329 e. The molecule has 0 radical (unpaired) electrons. The van der Waals surface area contributed by atoms with Crippen molar-refractivity contribution >= 4 is 29.6 Å². The Morgan fingerprint density at radius 3 is 2.53 bits per heavy atom. The third kappa shape index (κ3) is 7.47. The summed E-state index contributed by atoms with van der Waals surface area (Å²) in [6.07, 6.45) is 2.81. The highest BCUT2D eigenvalue weighted by molar-refractivity contribution is 6.35. The SMILES string of the molecule is C=CCNC(=O)C(=O)N/N=C\c1cccc(OCC(=O)Nc2ccc(OC)cc2)c1. The number of nitrogens with one attached hydrogen (secondary N) is 3. The highest BCUT2D eigenvalue weighted by atomic mass is 16.5. The van der Waals surface area contributed by atoms with E-state index in [4.69, 9.17) is 9.47 Å². The standard InChI is InChI=1S/C21H22N4O5/c1-3-11-22-20(27)21(28)25-23-13-15-5-4-6-18(12-15)30-14-19(26)24-16-7-9-17(29-2)10-8-16/h3-10,12-13H,1,11,14H2,2H3,(H,22,27)(H,24,26)(H,25,28)/b23-13-. The van der Waals surface area contributed by atoms with Crippen LogP contribution in [0.1, 0.15) is 5.56 Å². The van der Waals surface area contributed by atoms with Gasteiger partial charge in [0, 0.05) is 12.2 Å². The summed E-state index contributed by atoms with van der Waals surface area (Å²) < 4.78 is 10.5. The first kappa shape index (κ1) is 22.2. The van der Waals surface area contributed by atoms with Crippen molar-refractivity contribution < 1.29 is 23.9 Å². The van der Waals surface area contributed by atoms with Crippen molar-refractivity contribution in [2.24, 2.45) is 5.10 Å². The smallest absolute Gasteiger partial charge is 0.329 e. The van der Waals surface area contributed by atoms with E-state index in [0.29, 0.717) is 22.7 Å². The first-order valence-corrected chi connectivity index (χ1v) is 8.90. The average Bonchev–Trinajstić information content (AvgIpc) is 2.76. The van der Waals surface area contributed by atoms with Crippen LogP contribution < -0.4 is 25.5 Å². The van der Waals surface area contributed by atoms with Crippen LogP contribution in [0.3, 0.4) is 0 Å². The van der Waals surface area contributed by atoms with E-state index in [9.17, 15) is 14.4 Å². The Kier molecular flexibility index (Phi) is 8.60. The number of hydrogen-bond donors (Lipinski definition) is 3. The molecular formula is C21H22N4O5. The summed E-state index contributed by atoms with van der Waals surface area (Å²) in [4.78, 5) is 34.9. The summed E-state index contributed by atoms with van der Waals surface area (Å²) in [5.41, 5.74) is 3.34. The lowest BCUT2D eigenvalue weighted by atomic mass is 10.2. The molecule has 0 unspecified atom stereocenters. The van der Waals surface area contributed by atoms with E-state index in [2.05, 4.69) is 27.7 Å². The summed E-state index contributed by atoms with van der Waals surface area (Å²) in [7, 11) is 1.56. The van der Waals surface area contributed by atoms with Crippen molar-refractivity contribution in [1.82, 2.24) is 10.7 Å². The third-order valence-electron chi connectivity index (χ3n) is 3.59. The van der Waals surface area contributed by atoms with E-state index in [0.717, 1.165) is 0 Å². The Labute approximate surface area is 173 Å². The number of hydrazone groups is 1. The zero-order valence-electron chi connectivity index (χ0n) is 16.4. The van der Waals surface area contributed by atoms with Gasteiger partial charge >= 0.3 is 11.8 Å². The summed E-state index contributed by atoms with van der Waals surface area (Å²) >= 11 is 0. The number of hydrogen-bond acceptors (Lipinski definition) is 6. The van der Waals surface area contributed by atoms with Crippen molar-refractivity contribution in [3.8, 4) is 11.5 Å². The zero-order chi connectivity index (χ0) is 21.8. The fourth-order valence-electron chi connectivity index (χ4n) is 2.17. The molecule has 0 saturated heterocycles. The fraction of sp³-hybridized carbons (Fsp3) is 0.143. The van der Waals surface area contributed by atoms with Gasteiger partial charge in [-0.1, -0.05) is 18.2 Å². The number of nitrogens with zero attached hydrogens (tertiary/aromatic N) is 1. The van der Waals surface area contributed by atoms with Gasteiger partial charge < -0.3 is 20.1 Å². The molecule has 0 aliphatic heterocycles. The molecule has 30 heavy (non-hydrogen) atoms. The highest BCUT2D eigenvalue weighted by Crippen LogP contribution is 2.15. The van der Waals surface area contributed by atoms with Crippen LogP contribution in [0.4, 0.5) is 5.69 Å². The zero-order valence-corrected chi connectivity index (χ0v) is 16.4. The van der Waals surface area contributed by atoms with E-state index in [-0.39, 0.29) is 19.1 Å².